The summed E-state index contributed by atoms with van der Waals surface area (Å²) < 4.78 is 38.2. The SMILES string of the molecule is CCC(C(=O)NC1CCCC1)N(CCc1ccccc1)C(=O)CN(c1ccc2c(c1)OCO2)S(=O)(=O)CC. The van der Waals surface area contributed by atoms with Crippen molar-refractivity contribution in [3.63, 3.8) is 0 Å². The van der Waals surface area contributed by atoms with Crippen LogP contribution in [0.5, 0.6) is 11.5 Å². The smallest absolute Gasteiger partial charge is 0.244 e. The van der Waals surface area contributed by atoms with E-state index in [-0.39, 0.29) is 24.5 Å². The maximum atomic E-state index is 13.9. The van der Waals surface area contributed by atoms with E-state index in [2.05, 4.69) is 5.32 Å². The van der Waals surface area contributed by atoms with Crippen molar-refractivity contribution in [1.29, 1.82) is 0 Å². The second kappa shape index (κ2) is 12.5. The lowest BCUT2D eigenvalue weighted by Gasteiger charge is -2.33. The summed E-state index contributed by atoms with van der Waals surface area (Å²) in [7, 11) is -3.81. The number of hydrogen-bond donors (Lipinski definition) is 1. The van der Waals surface area contributed by atoms with Gasteiger partial charge < -0.3 is 19.7 Å². The quantitative estimate of drug-likeness (QED) is 0.440. The summed E-state index contributed by atoms with van der Waals surface area (Å²) in [4.78, 5) is 28.8. The lowest BCUT2D eigenvalue weighted by Crippen LogP contribution is -2.54. The van der Waals surface area contributed by atoms with Crippen LogP contribution >= 0.6 is 0 Å². The standard InChI is InChI=1S/C28H37N3O6S/c1-3-24(28(33)29-22-12-8-9-13-22)30(17-16-21-10-6-5-7-11-21)27(32)19-31(38(34,35)4-2)23-14-15-25-26(18-23)37-20-36-25/h5-7,10-11,14-15,18,22,24H,3-4,8-9,12-13,16-17,19-20H2,1-2H3,(H,29,33). The molecule has 0 spiro atoms. The highest BCUT2D eigenvalue weighted by molar-refractivity contribution is 7.92. The van der Waals surface area contributed by atoms with Crippen LogP contribution in [-0.4, -0.2) is 62.9 Å². The molecule has 2 aromatic rings. The van der Waals surface area contributed by atoms with Gasteiger partial charge in [0.05, 0.1) is 11.4 Å². The molecule has 1 aliphatic carbocycles. The van der Waals surface area contributed by atoms with E-state index in [4.69, 9.17) is 9.47 Å². The summed E-state index contributed by atoms with van der Waals surface area (Å²) >= 11 is 0. The number of fused-ring (bicyclic) bond motifs is 1. The van der Waals surface area contributed by atoms with Crippen LogP contribution in [0.15, 0.2) is 48.5 Å². The van der Waals surface area contributed by atoms with Gasteiger partial charge in [0.15, 0.2) is 11.5 Å². The zero-order chi connectivity index (χ0) is 27.1. The molecular formula is C28H37N3O6S. The van der Waals surface area contributed by atoms with Gasteiger partial charge in [-0.3, -0.25) is 13.9 Å². The average molecular weight is 544 g/mol. The van der Waals surface area contributed by atoms with Crippen LogP contribution in [-0.2, 0) is 26.0 Å². The third-order valence-corrected chi connectivity index (χ3v) is 8.94. The molecule has 206 valence electrons. The van der Waals surface area contributed by atoms with Gasteiger partial charge in [0.25, 0.3) is 0 Å². The van der Waals surface area contributed by atoms with Crippen LogP contribution < -0.4 is 19.1 Å². The topological polar surface area (TPSA) is 105 Å². The van der Waals surface area contributed by atoms with E-state index < -0.39 is 28.5 Å². The Balaban J connectivity index is 1.60. The van der Waals surface area contributed by atoms with Gasteiger partial charge in [0, 0.05) is 18.7 Å². The molecule has 1 saturated carbocycles. The average Bonchev–Trinajstić information content (AvgIpc) is 3.61. The Morgan fingerprint density at radius 1 is 1.03 bits per heavy atom. The largest absolute Gasteiger partial charge is 0.454 e. The zero-order valence-corrected chi connectivity index (χ0v) is 22.9. The fraction of sp³-hybridized carbons (Fsp3) is 0.500. The fourth-order valence-corrected chi connectivity index (χ4v) is 6.08. The molecule has 0 radical (unpaired) electrons. The van der Waals surface area contributed by atoms with E-state index in [0.29, 0.717) is 36.6 Å². The Kier molecular flexibility index (Phi) is 9.14. The molecule has 0 bridgehead atoms. The highest BCUT2D eigenvalue weighted by Crippen LogP contribution is 2.36. The van der Waals surface area contributed by atoms with E-state index in [9.17, 15) is 18.0 Å². The van der Waals surface area contributed by atoms with Crippen molar-refractivity contribution >= 4 is 27.5 Å². The lowest BCUT2D eigenvalue weighted by atomic mass is 10.1. The van der Waals surface area contributed by atoms with Gasteiger partial charge >= 0.3 is 0 Å². The summed E-state index contributed by atoms with van der Waals surface area (Å²) in [5, 5.41) is 3.12. The first kappa shape index (κ1) is 27.8. The van der Waals surface area contributed by atoms with Gasteiger partial charge in [-0.1, -0.05) is 50.1 Å². The Bertz CT molecular complexity index is 1210. The number of anilines is 1. The van der Waals surface area contributed by atoms with Crippen molar-refractivity contribution in [2.75, 3.05) is 29.9 Å². The van der Waals surface area contributed by atoms with Crippen molar-refractivity contribution in [3.05, 3.63) is 54.1 Å². The van der Waals surface area contributed by atoms with Gasteiger partial charge in [-0.05, 0) is 50.3 Å². The number of benzene rings is 2. The first-order valence-corrected chi connectivity index (χ1v) is 15.0. The Labute approximate surface area is 225 Å². The zero-order valence-electron chi connectivity index (χ0n) is 22.1. The maximum absolute atomic E-state index is 13.9. The molecule has 0 aromatic heterocycles. The molecule has 1 unspecified atom stereocenters. The molecular weight excluding hydrogens is 506 g/mol. The van der Waals surface area contributed by atoms with Gasteiger partial charge in [0.2, 0.25) is 28.6 Å². The maximum Gasteiger partial charge on any atom is 0.244 e. The molecule has 4 rings (SSSR count). The number of rotatable bonds is 12. The Hall–Kier alpha value is -3.27. The minimum absolute atomic E-state index is 0.0554. The van der Waals surface area contributed by atoms with Crippen LogP contribution in [0.2, 0.25) is 0 Å². The predicted molar refractivity (Wildman–Crippen MR) is 146 cm³/mol. The van der Waals surface area contributed by atoms with Gasteiger partial charge in [-0.15, -0.1) is 0 Å². The number of carbonyl (C=O) groups is 2. The molecule has 1 aliphatic heterocycles. The number of hydrogen-bond acceptors (Lipinski definition) is 6. The number of nitrogens with one attached hydrogen (secondary N) is 1. The van der Waals surface area contributed by atoms with Gasteiger partial charge in [0.1, 0.15) is 12.6 Å². The van der Waals surface area contributed by atoms with Crippen molar-refractivity contribution in [1.82, 2.24) is 10.2 Å². The first-order valence-electron chi connectivity index (χ1n) is 13.4. The molecule has 2 aliphatic rings. The molecule has 38 heavy (non-hydrogen) atoms. The molecule has 9 nitrogen and oxygen atoms in total. The third kappa shape index (κ3) is 6.59. The first-order chi connectivity index (χ1) is 18.3. The van der Waals surface area contributed by atoms with Gasteiger partial charge in [-0.25, -0.2) is 8.42 Å². The molecule has 2 aromatic carbocycles. The predicted octanol–water partition coefficient (Wildman–Crippen LogP) is 3.48. The monoisotopic (exact) mass is 543 g/mol. The van der Waals surface area contributed by atoms with Crippen LogP contribution in [0.3, 0.4) is 0 Å². The van der Waals surface area contributed by atoms with Crippen molar-refractivity contribution in [3.8, 4) is 11.5 Å². The third-order valence-electron chi connectivity index (χ3n) is 7.20. The van der Waals surface area contributed by atoms with E-state index in [1.54, 1.807) is 23.1 Å². The van der Waals surface area contributed by atoms with E-state index in [0.717, 1.165) is 35.6 Å². The summed E-state index contributed by atoms with van der Waals surface area (Å²) in [6.45, 7) is 3.34. The number of ether oxygens (including phenoxy) is 2. The minimum Gasteiger partial charge on any atom is -0.454 e. The highest BCUT2D eigenvalue weighted by atomic mass is 32.2. The summed E-state index contributed by atoms with van der Waals surface area (Å²) in [5.74, 6) is 0.151. The second-order valence-corrected chi connectivity index (χ2v) is 11.9. The van der Waals surface area contributed by atoms with Crippen molar-refractivity contribution in [2.45, 2.75) is 64.5 Å². The molecule has 1 atom stereocenters. The van der Waals surface area contributed by atoms with E-state index >= 15 is 0 Å². The number of nitrogens with zero attached hydrogens (tertiary/aromatic N) is 2. The van der Waals surface area contributed by atoms with E-state index in [1.807, 2.05) is 37.3 Å². The Morgan fingerprint density at radius 3 is 2.42 bits per heavy atom. The molecule has 1 heterocycles. The van der Waals surface area contributed by atoms with Crippen LogP contribution in [0, 0.1) is 0 Å². The molecule has 1 N–H and O–H groups in total. The number of carbonyl (C=O) groups excluding carboxylic acids is 2. The number of sulfonamides is 1. The summed E-state index contributed by atoms with van der Waals surface area (Å²) in [6.07, 6.45) is 5.00. The molecule has 2 amide bonds. The molecule has 10 heteroatoms. The fourth-order valence-electron chi connectivity index (χ4n) is 5.02. The lowest BCUT2D eigenvalue weighted by molar-refractivity contribution is -0.139. The Morgan fingerprint density at radius 2 is 1.74 bits per heavy atom. The van der Waals surface area contributed by atoms with Gasteiger partial charge in [-0.2, -0.15) is 0 Å². The van der Waals surface area contributed by atoms with Crippen molar-refractivity contribution in [2.24, 2.45) is 0 Å². The van der Waals surface area contributed by atoms with Crippen LogP contribution in [0.25, 0.3) is 0 Å². The summed E-state index contributed by atoms with van der Waals surface area (Å²) in [6, 6.07) is 14.0. The second-order valence-electron chi connectivity index (χ2n) is 9.68. The normalized spacial score (nSPS) is 15.7. The van der Waals surface area contributed by atoms with Crippen molar-refractivity contribution < 1.29 is 27.5 Å². The highest BCUT2D eigenvalue weighted by Gasteiger charge is 2.33. The number of amides is 2. The minimum atomic E-state index is -3.81. The van der Waals surface area contributed by atoms with Crippen LogP contribution in [0.1, 0.15) is 51.5 Å². The molecule has 1 fully saturated rings. The summed E-state index contributed by atoms with van der Waals surface area (Å²) in [5.41, 5.74) is 1.35. The molecule has 0 saturated heterocycles. The van der Waals surface area contributed by atoms with Crippen LogP contribution in [0.4, 0.5) is 5.69 Å². The van der Waals surface area contributed by atoms with E-state index in [1.165, 1.54) is 6.92 Å².